The molecule has 19 nitrogen and oxygen atoms in total. The number of para-hydroxylation sites is 3. The van der Waals surface area contributed by atoms with Crippen LogP contribution in [0.4, 0.5) is 54.4 Å². The Morgan fingerprint density at radius 3 is 1.33 bits per heavy atom. The van der Waals surface area contributed by atoms with E-state index in [-0.39, 0.29) is 28.8 Å². The molecule has 7 heterocycles. The minimum Gasteiger partial charge on any atom is -0.496 e. The summed E-state index contributed by atoms with van der Waals surface area (Å²) < 4.78 is 109. The van der Waals surface area contributed by atoms with Gasteiger partial charge in [0.2, 0.25) is 17.2 Å². The third-order valence-corrected chi connectivity index (χ3v) is 18.2. The Bertz CT molecular complexity index is 5000. The maximum atomic E-state index is 14.6. The van der Waals surface area contributed by atoms with Crippen LogP contribution in [-0.4, -0.2) is 124 Å². The van der Waals surface area contributed by atoms with Crippen LogP contribution in [0.25, 0.3) is 66.1 Å². The van der Waals surface area contributed by atoms with Crippen LogP contribution in [0, 0.1) is 17.5 Å². The second-order valence-corrected chi connectivity index (χ2v) is 26.2. The molecule has 104 heavy (non-hydrogen) atoms. The summed E-state index contributed by atoms with van der Waals surface area (Å²) in [6.07, 6.45) is 5.22. The molecule has 2 saturated heterocycles. The Kier molecular flexibility index (Phi) is 22.2. The molecule has 8 aromatic carbocycles. The number of carboxylic acids is 1. The highest BCUT2D eigenvalue weighted by molar-refractivity contribution is 6.28. The van der Waals surface area contributed by atoms with Gasteiger partial charge in [-0.3, -0.25) is 0 Å². The maximum absolute atomic E-state index is 14.6. The number of amides is 1. The van der Waals surface area contributed by atoms with Crippen molar-refractivity contribution in [3.05, 3.63) is 197 Å². The zero-order valence-electron chi connectivity index (χ0n) is 57.6. The zero-order chi connectivity index (χ0) is 73.4. The van der Waals surface area contributed by atoms with E-state index in [0.29, 0.717) is 117 Å². The van der Waals surface area contributed by atoms with Crippen LogP contribution in [0.3, 0.4) is 0 Å². The number of carbonyl (C=O) groups is 2. The van der Waals surface area contributed by atoms with Gasteiger partial charge in [0.25, 0.3) is 0 Å². The molecular weight excluding hydrogens is 1370 g/mol. The Hall–Kier alpha value is -11.1. The number of anilines is 4. The summed E-state index contributed by atoms with van der Waals surface area (Å²) in [5.41, 5.74) is 12.3. The molecule has 0 spiro atoms. The van der Waals surface area contributed by atoms with E-state index < -0.39 is 17.7 Å². The second-order valence-electron chi connectivity index (χ2n) is 25.8. The van der Waals surface area contributed by atoms with Crippen LogP contribution in [-0.2, 0) is 22.4 Å². The number of halogens is 7. The molecule has 0 unspecified atom stereocenters. The molecule has 0 radical (unpaired) electrons. The average Bonchev–Trinajstić information content (AvgIpc) is 1.54. The van der Waals surface area contributed by atoms with Crippen molar-refractivity contribution in [3.63, 3.8) is 0 Å². The van der Waals surface area contributed by atoms with Crippen LogP contribution in [0.2, 0.25) is 5.28 Å². The number of benzene rings is 8. The first kappa shape index (κ1) is 72.7. The standard InChI is InChI=1S/C33H35FN4O4.C28H27FN4O2.C15H10ClFN2O.C2HF3O2/c1-33(2,3)42-32(39)38-14-11-20(12-15-38)23-9-10-27(30-25(23)13-16-41-30)36-31-35-19-21-17-22(34)18-26(29(21)37-31)24-7-5-6-8-28(24)40-4;1-34-25-5-3-2-4-21(25)23-15-19(29)14-18-16-31-28(33-26(18)23)32-24-7-6-20(17-8-11-30-12-9-17)22-10-13-35-27(22)24;1-20-13-5-3-2-4-11(13)12-7-10(17)6-9-8-18-15(16)19-14(9)12;3-2(4,5)1(6)7/h5-10,17-20H,11-16H2,1-4H3,(H,35,36,37);2-7,14-17,30H,8-13H2,1H3,(H,31,32,33);2-8H,1H3;(H,6,7). The molecular formula is C78H73ClF6N10O9. The molecule has 2 fully saturated rings. The molecule has 15 rings (SSSR count). The molecule has 26 heteroatoms. The van der Waals surface area contributed by atoms with E-state index in [9.17, 15) is 31.1 Å². The lowest BCUT2D eigenvalue weighted by molar-refractivity contribution is -0.192. The highest BCUT2D eigenvalue weighted by atomic mass is 35.5. The van der Waals surface area contributed by atoms with Gasteiger partial charge in [-0.05, 0) is 161 Å². The van der Waals surface area contributed by atoms with E-state index in [4.69, 9.17) is 59.9 Å². The van der Waals surface area contributed by atoms with Crippen LogP contribution < -0.4 is 39.6 Å². The van der Waals surface area contributed by atoms with Crippen molar-refractivity contribution in [2.75, 3.05) is 71.4 Å². The summed E-state index contributed by atoms with van der Waals surface area (Å²) in [6.45, 7) is 10.4. The lowest BCUT2D eigenvalue weighted by Gasteiger charge is -2.34. The number of carboxylic acid groups (broad SMARTS) is 1. The van der Waals surface area contributed by atoms with Gasteiger partial charge in [-0.15, -0.1) is 0 Å². The third-order valence-electron chi connectivity index (χ3n) is 18.0. The second kappa shape index (κ2) is 31.7. The summed E-state index contributed by atoms with van der Waals surface area (Å²) in [7, 11) is 4.77. The van der Waals surface area contributed by atoms with Crippen LogP contribution in [0.5, 0.6) is 28.7 Å². The molecule has 3 aromatic heterocycles. The van der Waals surface area contributed by atoms with Crippen molar-refractivity contribution < 1.29 is 69.5 Å². The quantitative estimate of drug-likeness (QED) is 0.0659. The Morgan fingerprint density at radius 1 is 0.548 bits per heavy atom. The number of nitrogens with zero attached hydrogens (tertiary/aromatic N) is 7. The van der Waals surface area contributed by atoms with Gasteiger partial charge in [-0.25, -0.2) is 52.7 Å². The van der Waals surface area contributed by atoms with Gasteiger partial charge in [0.15, 0.2) is 0 Å². The van der Waals surface area contributed by atoms with Crippen molar-refractivity contribution in [1.29, 1.82) is 0 Å². The normalized spacial score (nSPS) is 14.3. The van der Waals surface area contributed by atoms with Gasteiger partial charge < -0.3 is 54.4 Å². The SMILES string of the molecule is COc1ccccc1-c1cc(F)cc2cnc(Cl)nc12.COc1ccccc1-c1cc(F)cc2cnc(Nc3ccc(C4CCN(C(=O)OC(C)(C)C)CC4)c4c3OCC4)nc12.COc1ccccc1-c1cc(F)cc2cnc(Nc3ccc(C4CCNCC4)c4c3OCC4)nc12.O=C(O)C(F)(F)F. The average molecular weight is 1440 g/mol. The molecule has 0 aliphatic carbocycles. The number of hydrogen-bond acceptors (Lipinski definition) is 17. The number of rotatable bonds is 12. The Labute approximate surface area is 599 Å². The molecule has 0 atom stereocenters. The lowest BCUT2D eigenvalue weighted by Crippen LogP contribution is -2.41. The van der Waals surface area contributed by atoms with E-state index in [1.54, 1.807) is 38.6 Å². The molecule has 0 bridgehead atoms. The number of piperidine rings is 2. The fourth-order valence-electron chi connectivity index (χ4n) is 13.3. The van der Waals surface area contributed by atoms with E-state index in [0.717, 1.165) is 91.2 Å². The molecule has 4 aliphatic rings. The number of methoxy groups -OCH3 is 3. The zero-order valence-corrected chi connectivity index (χ0v) is 58.3. The van der Waals surface area contributed by atoms with Crippen LogP contribution in [0.15, 0.2) is 152 Å². The fraction of sp³-hybridized carbons (Fsp3) is 0.282. The molecule has 4 aliphatic heterocycles. The highest BCUT2D eigenvalue weighted by Crippen LogP contribution is 2.46. The summed E-state index contributed by atoms with van der Waals surface area (Å²) >= 11 is 5.84. The van der Waals surface area contributed by atoms with Crippen LogP contribution >= 0.6 is 11.6 Å². The van der Waals surface area contributed by atoms with Crippen molar-refractivity contribution in [2.45, 2.75) is 82.9 Å². The van der Waals surface area contributed by atoms with E-state index >= 15 is 0 Å². The number of hydrogen-bond donors (Lipinski definition) is 4. The highest BCUT2D eigenvalue weighted by Gasteiger charge is 2.38. The predicted octanol–water partition coefficient (Wildman–Crippen LogP) is 17.6. The number of likely N-dealkylation sites (tertiary alicyclic amines) is 1. The number of carbonyl (C=O) groups excluding carboxylic acids is 1. The van der Waals surface area contributed by atoms with Gasteiger partial charge >= 0.3 is 18.2 Å². The van der Waals surface area contributed by atoms with Gasteiger partial charge in [0, 0.05) is 105 Å². The smallest absolute Gasteiger partial charge is 0.490 e. The molecule has 1 amide bonds. The van der Waals surface area contributed by atoms with E-state index in [1.807, 2.05) is 99.6 Å². The predicted molar refractivity (Wildman–Crippen MR) is 386 cm³/mol. The number of aliphatic carboxylic acids is 1. The monoisotopic (exact) mass is 1440 g/mol. The summed E-state index contributed by atoms with van der Waals surface area (Å²) in [4.78, 5) is 49.9. The first-order valence-electron chi connectivity index (χ1n) is 33.6. The van der Waals surface area contributed by atoms with Crippen LogP contribution in [0.1, 0.15) is 80.5 Å². The van der Waals surface area contributed by atoms with Gasteiger partial charge in [-0.2, -0.15) is 13.2 Å². The summed E-state index contributed by atoms with van der Waals surface area (Å²) in [5.74, 6) is 1.56. The number of nitrogens with one attached hydrogen (secondary N) is 3. The Morgan fingerprint density at radius 2 is 0.933 bits per heavy atom. The number of alkyl halides is 3. The van der Waals surface area contributed by atoms with Crippen molar-refractivity contribution in [1.82, 2.24) is 40.1 Å². The van der Waals surface area contributed by atoms with Crippen molar-refractivity contribution >= 4 is 79.6 Å². The lowest BCUT2D eigenvalue weighted by atomic mass is 9.85. The van der Waals surface area contributed by atoms with Gasteiger partial charge in [0.1, 0.15) is 51.8 Å². The molecule has 4 N–H and O–H groups in total. The van der Waals surface area contributed by atoms with Crippen molar-refractivity contribution in [2.24, 2.45) is 0 Å². The molecule has 538 valence electrons. The third kappa shape index (κ3) is 16.7. The first-order chi connectivity index (χ1) is 50.0. The number of fused-ring (bicyclic) bond motifs is 5. The van der Waals surface area contributed by atoms with Crippen molar-refractivity contribution in [3.8, 4) is 62.1 Å². The van der Waals surface area contributed by atoms with E-state index in [1.165, 1.54) is 64.8 Å². The Balaban J connectivity index is 0.000000147. The van der Waals surface area contributed by atoms with Gasteiger partial charge in [0.05, 0.1) is 62.5 Å². The molecule has 11 aromatic rings. The summed E-state index contributed by atoms with van der Waals surface area (Å²) in [6, 6.07) is 39.5. The number of ether oxygens (including phenoxy) is 6. The largest absolute Gasteiger partial charge is 0.496 e. The topological polar surface area (TPSA) is 226 Å². The first-order valence-corrected chi connectivity index (χ1v) is 34.0. The maximum Gasteiger partial charge on any atom is 0.490 e. The van der Waals surface area contributed by atoms with E-state index in [2.05, 4.69) is 54.1 Å². The van der Waals surface area contributed by atoms with Gasteiger partial charge in [-0.1, -0.05) is 66.7 Å². The number of aromatic nitrogens is 6. The molecule has 0 saturated carbocycles. The fourth-order valence-corrected chi connectivity index (χ4v) is 13.5. The summed E-state index contributed by atoms with van der Waals surface area (Å²) in [5, 5.41) is 19.2. The minimum absolute atomic E-state index is 0.125. The minimum atomic E-state index is -5.08.